The fraction of sp³-hybridized carbons (Fsp3) is 0.429. The molecule has 1 saturated heterocycles. The van der Waals surface area contributed by atoms with Gasteiger partial charge in [0.2, 0.25) is 0 Å². The number of rotatable bonds is 3. The molecule has 2 rings (SSSR count). The summed E-state index contributed by atoms with van der Waals surface area (Å²) in [5.74, 6) is -1.21. The molecular formula is C14H17ClF4N2. The van der Waals surface area contributed by atoms with E-state index in [9.17, 15) is 17.6 Å². The zero-order valence-corrected chi connectivity index (χ0v) is 12.1. The zero-order valence-electron chi connectivity index (χ0n) is 11.3. The van der Waals surface area contributed by atoms with Crippen LogP contribution in [0.15, 0.2) is 30.9 Å². The van der Waals surface area contributed by atoms with Crippen LogP contribution >= 0.6 is 12.4 Å². The summed E-state index contributed by atoms with van der Waals surface area (Å²) in [6.07, 6.45) is -3.20. The summed E-state index contributed by atoms with van der Waals surface area (Å²) in [5.41, 5.74) is -1.20. The number of hydrogen-bond donors (Lipinski definition) is 1. The lowest BCUT2D eigenvalue weighted by molar-refractivity contribution is -0.140. The molecule has 0 saturated carbocycles. The van der Waals surface area contributed by atoms with Crippen molar-refractivity contribution in [1.29, 1.82) is 0 Å². The molecule has 1 aromatic rings. The molecule has 1 fully saturated rings. The quantitative estimate of drug-likeness (QED) is 0.677. The Morgan fingerprint density at radius 3 is 2.38 bits per heavy atom. The molecule has 0 unspecified atom stereocenters. The first-order valence-corrected chi connectivity index (χ1v) is 6.38. The summed E-state index contributed by atoms with van der Waals surface area (Å²) in [7, 11) is 0. The van der Waals surface area contributed by atoms with E-state index >= 15 is 0 Å². The highest BCUT2D eigenvalue weighted by atomic mass is 35.5. The first-order valence-electron chi connectivity index (χ1n) is 6.38. The summed E-state index contributed by atoms with van der Waals surface area (Å²) in [6.45, 7) is 6.38. The van der Waals surface area contributed by atoms with Crippen molar-refractivity contribution < 1.29 is 17.6 Å². The van der Waals surface area contributed by atoms with E-state index in [1.807, 2.05) is 4.90 Å². The number of benzene rings is 1. The van der Waals surface area contributed by atoms with Crippen LogP contribution in [0.4, 0.5) is 17.6 Å². The Balaban J connectivity index is 0.00000220. The van der Waals surface area contributed by atoms with Crippen LogP contribution in [0.3, 0.4) is 0 Å². The Morgan fingerprint density at radius 1 is 1.24 bits per heavy atom. The second-order valence-corrected chi connectivity index (χ2v) is 4.67. The van der Waals surface area contributed by atoms with Gasteiger partial charge >= 0.3 is 6.18 Å². The molecule has 1 atom stereocenters. The van der Waals surface area contributed by atoms with E-state index < -0.39 is 23.6 Å². The summed E-state index contributed by atoms with van der Waals surface area (Å²) < 4.78 is 52.4. The topological polar surface area (TPSA) is 15.3 Å². The van der Waals surface area contributed by atoms with Crippen molar-refractivity contribution >= 4 is 12.4 Å². The molecule has 0 spiro atoms. The molecule has 1 N–H and O–H groups in total. The molecule has 2 nitrogen and oxygen atoms in total. The number of alkyl halides is 3. The molecule has 118 valence electrons. The minimum Gasteiger partial charge on any atom is -0.314 e. The van der Waals surface area contributed by atoms with Gasteiger partial charge < -0.3 is 5.32 Å². The third-order valence-electron chi connectivity index (χ3n) is 3.42. The summed E-state index contributed by atoms with van der Waals surface area (Å²) in [6, 6.07) is 2.84. The lowest BCUT2D eigenvalue weighted by Crippen LogP contribution is -2.44. The normalized spacial score (nSPS) is 17.9. The van der Waals surface area contributed by atoms with Crippen molar-refractivity contribution in [2.75, 3.05) is 26.2 Å². The SMILES string of the molecule is C=C[C@H](c1cccc(C(F)(F)F)c1F)N1CCNCC1.Cl. The maximum atomic E-state index is 14.2. The third kappa shape index (κ3) is 3.96. The van der Waals surface area contributed by atoms with Crippen molar-refractivity contribution in [3.05, 3.63) is 47.8 Å². The molecule has 7 heteroatoms. The molecule has 0 bridgehead atoms. The van der Waals surface area contributed by atoms with Crippen LogP contribution in [-0.2, 0) is 6.18 Å². The molecule has 0 radical (unpaired) electrons. The highest BCUT2D eigenvalue weighted by Crippen LogP contribution is 2.35. The van der Waals surface area contributed by atoms with Crippen molar-refractivity contribution in [3.8, 4) is 0 Å². The van der Waals surface area contributed by atoms with Gasteiger partial charge in [0.05, 0.1) is 11.6 Å². The van der Waals surface area contributed by atoms with E-state index in [4.69, 9.17) is 0 Å². The largest absolute Gasteiger partial charge is 0.419 e. The van der Waals surface area contributed by atoms with Crippen LogP contribution in [0.2, 0.25) is 0 Å². The van der Waals surface area contributed by atoms with E-state index in [2.05, 4.69) is 11.9 Å². The number of halogens is 5. The standard InChI is InChI=1S/C14H16F4N2.ClH/c1-2-12(20-8-6-19-7-9-20)10-4-3-5-11(13(10)15)14(16,17)18;/h2-5,12,19H,1,6-9H2;1H/t12-;/m1./s1. The number of hydrogen-bond acceptors (Lipinski definition) is 2. The lowest BCUT2D eigenvalue weighted by atomic mass is 10.0. The second-order valence-electron chi connectivity index (χ2n) is 4.67. The average molecular weight is 325 g/mol. The van der Waals surface area contributed by atoms with Gasteiger partial charge in [-0.25, -0.2) is 4.39 Å². The van der Waals surface area contributed by atoms with E-state index in [0.29, 0.717) is 13.1 Å². The molecule has 1 heterocycles. The van der Waals surface area contributed by atoms with Crippen LogP contribution < -0.4 is 5.32 Å². The number of nitrogens with one attached hydrogen (secondary N) is 1. The fourth-order valence-corrected chi connectivity index (χ4v) is 2.43. The van der Waals surface area contributed by atoms with Crippen molar-refractivity contribution in [2.24, 2.45) is 0 Å². The zero-order chi connectivity index (χ0) is 14.8. The van der Waals surface area contributed by atoms with Crippen molar-refractivity contribution in [1.82, 2.24) is 10.2 Å². The monoisotopic (exact) mass is 324 g/mol. The Labute approximate surface area is 127 Å². The van der Waals surface area contributed by atoms with Gasteiger partial charge in [0, 0.05) is 31.7 Å². The minimum absolute atomic E-state index is 0. The molecule has 1 aromatic carbocycles. The first kappa shape index (κ1) is 17.9. The molecular weight excluding hydrogens is 308 g/mol. The predicted molar refractivity (Wildman–Crippen MR) is 76.0 cm³/mol. The molecule has 1 aliphatic heterocycles. The summed E-state index contributed by atoms with van der Waals surface area (Å²) >= 11 is 0. The van der Waals surface area contributed by atoms with E-state index in [0.717, 1.165) is 19.2 Å². The second kappa shape index (κ2) is 7.24. The molecule has 1 aliphatic rings. The van der Waals surface area contributed by atoms with Gasteiger partial charge in [-0.3, -0.25) is 4.90 Å². The Morgan fingerprint density at radius 2 is 1.86 bits per heavy atom. The van der Waals surface area contributed by atoms with Crippen molar-refractivity contribution in [3.63, 3.8) is 0 Å². The molecule has 0 aromatic heterocycles. The minimum atomic E-state index is -4.69. The Kier molecular flexibility index (Phi) is 6.19. The highest BCUT2D eigenvalue weighted by Gasteiger charge is 2.36. The van der Waals surface area contributed by atoms with Crippen LogP contribution in [0, 0.1) is 5.82 Å². The van der Waals surface area contributed by atoms with Gasteiger partial charge in [0.25, 0.3) is 0 Å². The Bertz CT molecular complexity index is 484. The van der Waals surface area contributed by atoms with Crippen LogP contribution in [-0.4, -0.2) is 31.1 Å². The summed E-state index contributed by atoms with van der Waals surface area (Å²) in [5, 5.41) is 3.15. The maximum Gasteiger partial charge on any atom is 0.419 e. The highest BCUT2D eigenvalue weighted by molar-refractivity contribution is 5.85. The van der Waals surface area contributed by atoms with Crippen molar-refractivity contribution in [2.45, 2.75) is 12.2 Å². The van der Waals surface area contributed by atoms with Crippen LogP contribution in [0.25, 0.3) is 0 Å². The van der Waals surface area contributed by atoms with Gasteiger partial charge in [-0.15, -0.1) is 19.0 Å². The van der Waals surface area contributed by atoms with Gasteiger partial charge in [0.1, 0.15) is 5.82 Å². The number of nitrogens with zero attached hydrogens (tertiary/aromatic N) is 1. The average Bonchev–Trinajstić information content (AvgIpc) is 2.41. The molecule has 0 aliphatic carbocycles. The lowest BCUT2D eigenvalue weighted by Gasteiger charge is -2.33. The van der Waals surface area contributed by atoms with E-state index in [1.165, 1.54) is 18.2 Å². The maximum absolute atomic E-state index is 14.2. The smallest absolute Gasteiger partial charge is 0.314 e. The van der Waals surface area contributed by atoms with Gasteiger partial charge in [-0.05, 0) is 6.07 Å². The molecule has 21 heavy (non-hydrogen) atoms. The molecule has 0 amide bonds. The predicted octanol–water partition coefficient (Wildman–Crippen LogP) is 3.40. The van der Waals surface area contributed by atoms with Crippen LogP contribution in [0.1, 0.15) is 17.2 Å². The van der Waals surface area contributed by atoms with Gasteiger partial charge in [0.15, 0.2) is 0 Å². The fourth-order valence-electron chi connectivity index (χ4n) is 2.43. The van der Waals surface area contributed by atoms with E-state index in [-0.39, 0.29) is 18.0 Å². The Hall–Kier alpha value is -1.11. The van der Waals surface area contributed by atoms with Gasteiger partial charge in [-0.2, -0.15) is 13.2 Å². The first-order chi connectivity index (χ1) is 9.45. The van der Waals surface area contributed by atoms with Crippen LogP contribution in [0.5, 0.6) is 0 Å². The van der Waals surface area contributed by atoms with Gasteiger partial charge in [-0.1, -0.05) is 18.2 Å². The van der Waals surface area contributed by atoms with E-state index in [1.54, 1.807) is 0 Å². The number of piperazine rings is 1. The summed E-state index contributed by atoms with van der Waals surface area (Å²) in [4.78, 5) is 1.92. The third-order valence-corrected chi connectivity index (χ3v) is 3.42.